The first-order valence-electron chi connectivity index (χ1n) is 9.24. The fourth-order valence-electron chi connectivity index (χ4n) is 3.31. The van der Waals surface area contributed by atoms with Crippen molar-refractivity contribution in [2.45, 2.75) is 20.0 Å². The molecule has 8 nitrogen and oxygen atoms in total. The summed E-state index contributed by atoms with van der Waals surface area (Å²) in [5.41, 5.74) is 3.41. The molecule has 1 aliphatic rings. The number of rotatable bonds is 6. The lowest BCUT2D eigenvalue weighted by atomic mass is 10.2. The smallest absolute Gasteiger partial charge is 0.158 e. The summed E-state index contributed by atoms with van der Waals surface area (Å²) in [5, 5.41) is 18.5. The predicted molar refractivity (Wildman–Crippen MR) is 102 cm³/mol. The van der Waals surface area contributed by atoms with Crippen LogP contribution in [0.25, 0.3) is 17.1 Å². The highest BCUT2D eigenvalue weighted by Gasteiger charge is 2.18. The van der Waals surface area contributed by atoms with Crippen LogP contribution in [0.1, 0.15) is 11.3 Å². The highest BCUT2D eigenvalue weighted by molar-refractivity contribution is 5.63. The van der Waals surface area contributed by atoms with E-state index in [9.17, 15) is 5.11 Å². The Bertz CT molecular complexity index is 900. The second-order valence-electron chi connectivity index (χ2n) is 6.90. The summed E-state index contributed by atoms with van der Waals surface area (Å²) in [6, 6.07) is 5.62. The molecule has 4 rings (SSSR count). The van der Waals surface area contributed by atoms with Crippen molar-refractivity contribution in [1.29, 1.82) is 0 Å². The molecule has 0 saturated carbocycles. The lowest BCUT2D eigenvalue weighted by Gasteiger charge is -2.28. The van der Waals surface area contributed by atoms with Gasteiger partial charge in [-0.2, -0.15) is 9.61 Å². The Morgan fingerprint density at radius 3 is 2.85 bits per heavy atom. The molecule has 8 heteroatoms. The van der Waals surface area contributed by atoms with E-state index in [0.29, 0.717) is 18.8 Å². The molecule has 3 aromatic rings. The molecule has 144 valence electrons. The summed E-state index contributed by atoms with van der Waals surface area (Å²) in [6.45, 7) is 8.22. The molecule has 2 N–H and O–H groups in total. The monoisotopic (exact) mass is 371 g/mol. The largest absolute Gasteiger partial charge is 0.463 e. The Kier molecular flexibility index (Phi) is 5.11. The standard InChI is InChI=1S/C19H25N5O3/c1-13-14(2)21-18-10-16(17-4-3-7-27-17)22-24(18)19(13)20-11-15(25)12-23-5-8-26-9-6-23/h3-4,7,10,15,20,25H,5-6,8-9,11-12H2,1-2H3/t15-/m0/s1. The Morgan fingerprint density at radius 2 is 2.11 bits per heavy atom. The van der Waals surface area contributed by atoms with Crippen LogP contribution in [0.4, 0.5) is 5.82 Å². The number of β-amino-alcohol motifs (C(OH)–C–C–N with tert-alkyl or cyclic N) is 1. The number of hydrogen-bond acceptors (Lipinski definition) is 7. The molecule has 0 spiro atoms. The molecule has 0 aromatic carbocycles. The van der Waals surface area contributed by atoms with Crippen molar-refractivity contribution in [3.63, 3.8) is 0 Å². The van der Waals surface area contributed by atoms with Crippen molar-refractivity contribution in [3.05, 3.63) is 35.7 Å². The number of hydrogen-bond donors (Lipinski definition) is 2. The SMILES string of the molecule is Cc1nc2cc(-c3ccco3)nn2c(NC[C@H](O)CN2CCOCC2)c1C. The third-order valence-corrected chi connectivity index (χ3v) is 4.93. The van der Waals surface area contributed by atoms with Crippen molar-refractivity contribution in [3.8, 4) is 11.5 Å². The average Bonchev–Trinajstić information content (AvgIpc) is 3.32. The van der Waals surface area contributed by atoms with Gasteiger partial charge in [-0.05, 0) is 26.0 Å². The second kappa shape index (κ2) is 7.67. The van der Waals surface area contributed by atoms with E-state index in [1.165, 1.54) is 0 Å². The first-order chi connectivity index (χ1) is 13.1. The third-order valence-electron chi connectivity index (χ3n) is 4.93. The lowest BCUT2D eigenvalue weighted by Crippen LogP contribution is -2.42. The number of aliphatic hydroxyl groups excluding tert-OH is 1. The van der Waals surface area contributed by atoms with E-state index in [2.05, 4.69) is 20.3 Å². The van der Waals surface area contributed by atoms with E-state index in [-0.39, 0.29) is 0 Å². The maximum Gasteiger partial charge on any atom is 0.158 e. The van der Waals surface area contributed by atoms with Crippen LogP contribution in [-0.2, 0) is 4.74 Å². The van der Waals surface area contributed by atoms with Crippen molar-refractivity contribution in [2.24, 2.45) is 0 Å². The zero-order chi connectivity index (χ0) is 18.8. The molecule has 0 amide bonds. The minimum Gasteiger partial charge on any atom is -0.463 e. The topological polar surface area (TPSA) is 88.1 Å². The Morgan fingerprint density at radius 1 is 1.30 bits per heavy atom. The van der Waals surface area contributed by atoms with Crippen molar-refractivity contribution in [1.82, 2.24) is 19.5 Å². The number of furan rings is 1. The van der Waals surface area contributed by atoms with Gasteiger partial charge < -0.3 is 19.6 Å². The number of fused-ring (bicyclic) bond motifs is 1. The second-order valence-corrected chi connectivity index (χ2v) is 6.90. The molecular formula is C19H25N5O3. The summed E-state index contributed by atoms with van der Waals surface area (Å²) in [7, 11) is 0. The van der Waals surface area contributed by atoms with Gasteiger partial charge in [0, 0.05) is 43.5 Å². The zero-order valence-electron chi connectivity index (χ0n) is 15.7. The summed E-state index contributed by atoms with van der Waals surface area (Å²) >= 11 is 0. The zero-order valence-corrected chi connectivity index (χ0v) is 15.7. The summed E-state index contributed by atoms with van der Waals surface area (Å²) in [6.07, 6.45) is 1.15. The van der Waals surface area contributed by atoms with Crippen LogP contribution < -0.4 is 5.32 Å². The number of aromatic nitrogens is 3. The van der Waals surface area contributed by atoms with Crippen LogP contribution in [-0.4, -0.2) is 70.1 Å². The van der Waals surface area contributed by atoms with Gasteiger partial charge in [0.05, 0.1) is 25.6 Å². The first kappa shape index (κ1) is 18.0. The maximum atomic E-state index is 10.4. The fourth-order valence-corrected chi connectivity index (χ4v) is 3.31. The number of nitrogens with zero attached hydrogens (tertiary/aromatic N) is 4. The van der Waals surface area contributed by atoms with E-state index >= 15 is 0 Å². The number of morpholine rings is 1. The van der Waals surface area contributed by atoms with Gasteiger partial charge >= 0.3 is 0 Å². The number of aryl methyl sites for hydroxylation is 1. The Balaban J connectivity index is 1.53. The van der Waals surface area contributed by atoms with Crippen LogP contribution in [0.15, 0.2) is 28.9 Å². The van der Waals surface area contributed by atoms with Crippen molar-refractivity contribution >= 4 is 11.5 Å². The fraction of sp³-hybridized carbons (Fsp3) is 0.474. The van der Waals surface area contributed by atoms with Gasteiger partial charge in [-0.25, -0.2) is 4.98 Å². The molecular weight excluding hydrogens is 346 g/mol. The highest BCUT2D eigenvalue weighted by atomic mass is 16.5. The summed E-state index contributed by atoms with van der Waals surface area (Å²) in [4.78, 5) is 6.84. The normalized spacial score (nSPS) is 16.7. The van der Waals surface area contributed by atoms with Gasteiger partial charge in [0.1, 0.15) is 11.5 Å². The van der Waals surface area contributed by atoms with E-state index in [4.69, 9.17) is 9.15 Å². The van der Waals surface area contributed by atoms with Crippen LogP contribution in [0.3, 0.4) is 0 Å². The van der Waals surface area contributed by atoms with E-state index in [1.807, 2.05) is 32.0 Å². The quantitative estimate of drug-likeness (QED) is 0.682. The molecule has 1 fully saturated rings. The van der Waals surface area contributed by atoms with Gasteiger partial charge in [-0.3, -0.25) is 4.90 Å². The van der Waals surface area contributed by atoms with Gasteiger partial charge in [0.25, 0.3) is 0 Å². The summed E-state index contributed by atoms with van der Waals surface area (Å²) < 4.78 is 12.6. The molecule has 0 aliphatic carbocycles. The van der Waals surface area contributed by atoms with Crippen LogP contribution in [0, 0.1) is 13.8 Å². The van der Waals surface area contributed by atoms with Gasteiger partial charge in [-0.15, -0.1) is 0 Å². The molecule has 0 radical (unpaired) electrons. The molecule has 27 heavy (non-hydrogen) atoms. The number of ether oxygens (including phenoxy) is 1. The molecule has 0 unspecified atom stereocenters. The van der Waals surface area contributed by atoms with Crippen molar-refractivity contribution < 1.29 is 14.3 Å². The Labute approximate surface area is 157 Å². The predicted octanol–water partition coefficient (Wildman–Crippen LogP) is 1.71. The summed E-state index contributed by atoms with van der Waals surface area (Å²) in [5.74, 6) is 1.55. The molecule has 1 aliphatic heterocycles. The van der Waals surface area contributed by atoms with Gasteiger partial charge in [-0.1, -0.05) is 0 Å². The first-order valence-corrected chi connectivity index (χ1v) is 9.24. The molecule has 4 heterocycles. The highest BCUT2D eigenvalue weighted by Crippen LogP contribution is 2.24. The molecule has 1 saturated heterocycles. The third kappa shape index (κ3) is 3.83. The van der Waals surface area contributed by atoms with Gasteiger partial charge in [0.2, 0.25) is 0 Å². The lowest BCUT2D eigenvalue weighted by molar-refractivity contribution is 0.0171. The number of nitrogens with one attached hydrogen (secondary N) is 1. The number of aliphatic hydroxyl groups is 1. The van der Waals surface area contributed by atoms with Crippen LogP contribution >= 0.6 is 0 Å². The minimum atomic E-state index is -0.480. The average molecular weight is 371 g/mol. The maximum absolute atomic E-state index is 10.4. The van der Waals surface area contributed by atoms with E-state index in [1.54, 1.807) is 10.8 Å². The molecule has 0 bridgehead atoms. The van der Waals surface area contributed by atoms with E-state index in [0.717, 1.165) is 54.7 Å². The Hall–Kier alpha value is -2.42. The molecule has 3 aromatic heterocycles. The minimum absolute atomic E-state index is 0.437. The van der Waals surface area contributed by atoms with Crippen molar-refractivity contribution in [2.75, 3.05) is 44.7 Å². The number of anilines is 1. The molecule has 1 atom stereocenters. The van der Waals surface area contributed by atoms with Gasteiger partial charge in [0.15, 0.2) is 11.4 Å². The van der Waals surface area contributed by atoms with Crippen LogP contribution in [0.2, 0.25) is 0 Å². The van der Waals surface area contributed by atoms with Crippen LogP contribution in [0.5, 0.6) is 0 Å². The van der Waals surface area contributed by atoms with E-state index < -0.39 is 6.10 Å².